The molecule has 0 bridgehead atoms. The fourth-order valence-corrected chi connectivity index (χ4v) is 3.12. The van der Waals surface area contributed by atoms with Crippen LogP contribution >= 0.6 is 0 Å². The van der Waals surface area contributed by atoms with Crippen LogP contribution in [0.3, 0.4) is 0 Å². The molecule has 0 saturated carbocycles. The summed E-state index contributed by atoms with van der Waals surface area (Å²) in [5.41, 5.74) is 2.37. The summed E-state index contributed by atoms with van der Waals surface area (Å²) >= 11 is 0. The number of hydrogen-bond acceptors (Lipinski definition) is 2. The number of piperidine rings is 1. The Morgan fingerprint density at radius 3 is 2.13 bits per heavy atom. The van der Waals surface area contributed by atoms with Gasteiger partial charge in [-0.05, 0) is 35.6 Å². The molecule has 0 spiro atoms. The van der Waals surface area contributed by atoms with Crippen LogP contribution in [0.4, 0.5) is 0 Å². The molecule has 0 aromatic heterocycles. The molecule has 0 aliphatic carbocycles. The molecule has 23 heavy (non-hydrogen) atoms. The van der Waals surface area contributed by atoms with E-state index in [0.717, 1.165) is 16.7 Å². The maximum Gasteiger partial charge on any atom is 0.245 e. The molecule has 0 atom stereocenters. The van der Waals surface area contributed by atoms with Gasteiger partial charge in [-0.1, -0.05) is 61.2 Å². The normalized spacial score (nSPS) is 16.8. The second-order valence-electron chi connectivity index (χ2n) is 6.00. The predicted octanol–water partition coefficient (Wildman–Crippen LogP) is 3.35. The molecular weight excluding hydrogens is 286 g/mol. The van der Waals surface area contributed by atoms with Crippen molar-refractivity contribution in [2.45, 2.75) is 18.4 Å². The molecule has 118 valence electrons. The van der Waals surface area contributed by atoms with Crippen molar-refractivity contribution in [3.8, 4) is 11.1 Å². The van der Waals surface area contributed by atoms with Gasteiger partial charge in [0.15, 0.2) is 0 Å². The Hall–Kier alpha value is -2.39. The third kappa shape index (κ3) is 3.20. The van der Waals surface area contributed by atoms with Gasteiger partial charge in [-0.3, -0.25) is 4.79 Å². The maximum atomic E-state index is 11.6. The fourth-order valence-electron chi connectivity index (χ4n) is 3.12. The molecule has 3 heteroatoms. The van der Waals surface area contributed by atoms with E-state index >= 15 is 0 Å². The number of hydrogen-bond donors (Lipinski definition) is 1. The molecule has 1 N–H and O–H groups in total. The van der Waals surface area contributed by atoms with Crippen LogP contribution in [-0.2, 0) is 10.4 Å². The Balaban J connectivity index is 1.75. The average molecular weight is 307 g/mol. The van der Waals surface area contributed by atoms with Gasteiger partial charge in [0.05, 0.1) is 5.60 Å². The lowest BCUT2D eigenvalue weighted by atomic mass is 9.84. The number of likely N-dealkylation sites (tertiary alicyclic amines) is 1. The van der Waals surface area contributed by atoms with E-state index in [2.05, 4.69) is 18.7 Å². The molecule has 1 saturated heterocycles. The average Bonchev–Trinajstić information content (AvgIpc) is 2.62. The lowest BCUT2D eigenvalue weighted by Gasteiger charge is -2.38. The van der Waals surface area contributed by atoms with Gasteiger partial charge in [-0.25, -0.2) is 0 Å². The Morgan fingerprint density at radius 2 is 1.57 bits per heavy atom. The summed E-state index contributed by atoms with van der Waals surface area (Å²) in [5, 5.41) is 10.9. The molecule has 1 aliphatic heterocycles. The van der Waals surface area contributed by atoms with Crippen LogP contribution in [0.15, 0.2) is 67.3 Å². The molecule has 0 radical (unpaired) electrons. The highest BCUT2D eigenvalue weighted by Crippen LogP contribution is 2.34. The van der Waals surface area contributed by atoms with Crippen LogP contribution in [0.1, 0.15) is 18.4 Å². The molecule has 0 unspecified atom stereocenters. The topological polar surface area (TPSA) is 40.5 Å². The maximum absolute atomic E-state index is 11.6. The summed E-state index contributed by atoms with van der Waals surface area (Å²) in [4.78, 5) is 13.4. The SMILES string of the molecule is C=CC(=O)N1CCC(O)(c2ccc(-c3ccccc3)cc2)CC1. The highest BCUT2D eigenvalue weighted by atomic mass is 16.3. The first-order valence-corrected chi connectivity index (χ1v) is 7.92. The van der Waals surface area contributed by atoms with Gasteiger partial charge < -0.3 is 10.0 Å². The lowest BCUT2D eigenvalue weighted by Crippen LogP contribution is -2.44. The van der Waals surface area contributed by atoms with E-state index in [-0.39, 0.29) is 5.91 Å². The third-order valence-corrected chi connectivity index (χ3v) is 4.61. The van der Waals surface area contributed by atoms with Crippen molar-refractivity contribution in [3.63, 3.8) is 0 Å². The van der Waals surface area contributed by atoms with E-state index in [4.69, 9.17) is 0 Å². The zero-order valence-electron chi connectivity index (χ0n) is 13.1. The van der Waals surface area contributed by atoms with Crippen molar-refractivity contribution < 1.29 is 9.90 Å². The lowest BCUT2D eigenvalue weighted by molar-refractivity contribution is -0.130. The monoisotopic (exact) mass is 307 g/mol. The Kier molecular flexibility index (Phi) is 4.30. The number of amides is 1. The number of aliphatic hydroxyl groups is 1. The molecule has 1 fully saturated rings. The van der Waals surface area contributed by atoms with E-state index < -0.39 is 5.60 Å². The minimum absolute atomic E-state index is 0.0634. The van der Waals surface area contributed by atoms with Crippen molar-refractivity contribution >= 4 is 5.91 Å². The van der Waals surface area contributed by atoms with Crippen molar-refractivity contribution in [2.75, 3.05) is 13.1 Å². The number of carbonyl (C=O) groups is 1. The quantitative estimate of drug-likeness (QED) is 0.883. The molecule has 3 rings (SSSR count). The second kappa shape index (κ2) is 6.39. The van der Waals surface area contributed by atoms with Crippen LogP contribution < -0.4 is 0 Å². The molecular formula is C20H21NO2. The zero-order chi connectivity index (χ0) is 16.3. The minimum Gasteiger partial charge on any atom is -0.385 e. The second-order valence-corrected chi connectivity index (χ2v) is 6.00. The summed E-state index contributed by atoms with van der Waals surface area (Å²) in [7, 11) is 0. The number of carbonyl (C=O) groups excluding carboxylic acids is 1. The van der Waals surface area contributed by atoms with E-state index in [1.165, 1.54) is 6.08 Å². The number of nitrogens with zero attached hydrogens (tertiary/aromatic N) is 1. The van der Waals surface area contributed by atoms with E-state index in [1.54, 1.807) is 4.90 Å². The van der Waals surface area contributed by atoms with Gasteiger partial charge in [-0.2, -0.15) is 0 Å². The summed E-state index contributed by atoms with van der Waals surface area (Å²) in [6.07, 6.45) is 2.44. The van der Waals surface area contributed by atoms with Crippen LogP contribution in [-0.4, -0.2) is 29.0 Å². The summed E-state index contributed by atoms with van der Waals surface area (Å²) in [6.45, 7) is 4.63. The predicted molar refractivity (Wildman–Crippen MR) is 91.8 cm³/mol. The van der Waals surface area contributed by atoms with Crippen molar-refractivity contribution in [3.05, 3.63) is 72.8 Å². The Bertz CT molecular complexity index is 683. The van der Waals surface area contributed by atoms with Gasteiger partial charge >= 0.3 is 0 Å². The van der Waals surface area contributed by atoms with Crippen LogP contribution in [0.5, 0.6) is 0 Å². The first-order valence-electron chi connectivity index (χ1n) is 7.92. The zero-order valence-corrected chi connectivity index (χ0v) is 13.1. The van der Waals surface area contributed by atoms with Gasteiger partial charge in [0, 0.05) is 13.1 Å². The van der Waals surface area contributed by atoms with Crippen LogP contribution in [0.25, 0.3) is 11.1 Å². The third-order valence-electron chi connectivity index (χ3n) is 4.61. The van der Waals surface area contributed by atoms with E-state index in [1.807, 2.05) is 42.5 Å². The summed E-state index contributed by atoms with van der Waals surface area (Å²) in [6, 6.07) is 18.3. The van der Waals surface area contributed by atoms with Crippen LogP contribution in [0, 0.1) is 0 Å². The largest absolute Gasteiger partial charge is 0.385 e. The molecule has 2 aromatic carbocycles. The standard InChI is InChI=1S/C20H21NO2/c1-2-19(22)21-14-12-20(23,13-15-21)18-10-8-17(9-11-18)16-6-4-3-5-7-16/h2-11,23H,1,12-15H2. The minimum atomic E-state index is -0.854. The van der Waals surface area contributed by atoms with Gasteiger partial charge in [0.2, 0.25) is 5.91 Å². The molecule has 1 heterocycles. The number of benzene rings is 2. The van der Waals surface area contributed by atoms with Crippen LogP contribution in [0.2, 0.25) is 0 Å². The first-order chi connectivity index (χ1) is 11.1. The highest BCUT2D eigenvalue weighted by Gasteiger charge is 2.34. The summed E-state index contributed by atoms with van der Waals surface area (Å²) in [5.74, 6) is -0.0634. The number of rotatable bonds is 3. The molecule has 3 nitrogen and oxygen atoms in total. The van der Waals surface area contributed by atoms with Gasteiger partial charge in [-0.15, -0.1) is 0 Å². The molecule has 1 amide bonds. The van der Waals surface area contributed by atoms with Crippen molar-refractivity contribution in [1.29, 1.82) is 0 Å². The van der Waals surface area contributed by atoms with Crippen molar-refractivity contribution in [1.82, 2.24) is 4.90 Å². The highest BCUT2D eigenvalue weighted by molar-refractivity contribution is 5.87. The van der Waals surface area contributed by atoms with Gasteiger partial charge in [0.1, 0.15) is 0 Å². The Morgan fingerprint density at radius 1 is 1.00 bits per heavy atom. The fraction of sp³-hybridized carbons (Fsp3) is 0.250. The van der Waals surface area contributed by atoms with E-state index in [0.29, 0.717) is 25.9 Å². The smallest absolute Gasteiger partial charge is 0.245 e. The molecule has 2 aromatic rings. The van der Waals surface area contributed by atoms with Gasteiger partial charge in [0.25, 0.3) is 0 Å². The van der Waals surface area contributed by atoms with Crippen molar-refractivity contribution in [2.24, 2.45) is 0 Å². The summed E-state index contributed by atoms with van der Waals surface area (Å²) < 4.78 is 0. The Labute approximate surface area is 136 Å². The van der Waals surface area contributed by atoms with E-state index in [9.17, 15) is 9.90 Å². The molecule has 1 aliphatic rings. The first kappa shape index (κ1) is 15.5.